The fraction of sp³-hybridized carbons (Fsp3) is 0.278. The van der Waals surface area contributed by atoms with E-state index in [1.807, 2.05) is 26.1 Å². The second-order valence-corrected chi connectivity index (χ2v) is 6.39. The lowest BCUT2D eigenvalue weighted by Gasteiger charge is -2.19. The number of nitrogens with one attached hydrogen (secondary N) is 2. The van der Waals surface area contributed by atoms with Gasteiger partial charge in [-0.15, -0.1) is 15.3 Å². The van der Waals surface area contributed by atoms with Gasteiger partial charge in [-0.25, -0.2) is 0 Å². The number of H-pyrrole nitrogens is 1. The van der Waals surface area contributed by atoms with E-state index in [0.29, 0.717) is 5.82 Å². The SMILES string of the molecule is CCC(Nc1ccc2nnc(C(F)(F)F)n2n1)c1cc(C)c2[nH]ccc2c1. The minimum Gasteiger partial charge on any atom is -0.362 e. The predicted octanol–water partition coefficient (Wildman–Crippen LogP) is 4.50. The molecule has 27 heavy (non-hydrogen) atoms. The molecule has 0 aliphatic carbocycles. The molecule has 0 fully saturated rings. The second kappa shape index (κ2) is 6.26. The van der Waals surface area contributed by atoms with Gasteiger partial charge in [0, 0.05) is 11.7 Å². The highest BCUT2D eigenvalue weighted by atomic mass is 19.4. The number of nitrogens with zero attached hydrogens (tertiary/aromatic N) is 4. The average Bonchev–Trinajstić information content (AvgIpc) is 3.25. The molecule has 1 atom stereocenters. The van der Waals surface area contributed by atoms with Crippen molar-refractivity contribution in [3.63, 3.8) is 0 Å². The summed E-state index contributed by atoms with van der Waals surface area (Å²) in [5, 5.41) is 15.1. The highest BCUT2D eigenvalue weighted by molar-refractivity contribution is 5.83. The van der Waals surface area contributed by atoms with Crippen LogP contribution in [0.5, 0.6) is 0 Å². The molecule has 140 valence electrons. The number of aryl methyl sites for hydroxylation is 1. The van der Waals surface area contributed by atoms with Crippen molar-refractivity contribution in [3.05, 3.63) is 53.5 Å². The molecule has 3 heterocycles. The Bertz CT molecular complexity index is 1110. The van der Waals surface area contributed by atoms with Crippen LogP contribution in [0.15, 0.2) is 36.5 Å². The molecular formula is C18H17F3N6. The van der Waals surface area contributed by atoms with E-state index >= 15 is 0 Å². The van der Waals surface area contributed by atoms with Crippen LogP contribution in [0.4, 0.5) is 19.0 Å². The topological polar surface area (TPSA) is 70.9 Å². The standard InChI is InChI=1S/C18H17F3N6/c1-3-13(12-8-10(2)16-11(9-12)6-7-22-16)23-14-4-5-15-24-25-17(18(19,20)21)27(15)26-14/h4-9,13,22H,3H2,1-2H3,(H,23,26). The lowest BCUT2D eigenvalue weighted by Crippen LogP contribution is -2.15. The van der Waals surface area contributed by atoms with Gasteiger partial charge < -0.3 is 10.3 Å². The van der Waals surface area contributed by atoms with E-state index in [9.17, 15) is 13.2 Å². The van der Waals surface area contributed by atoms with Gasteiger partial charge in [-0.3, -0.25) is 0 Å². The van der Waals surface area contributed by atoms with E-state index in [0.717, 1.165) is 33.0 Å². The summed E-state index contributed by atoms with van der Waals surface area (Å²) in [6, 6.07) is 9.10. The Kier molecular flexibility index (Phi) is 4.01. The van der Waals surface area contributed by atoms with Crippen molar-refractivity contribution in [2.45, 2.75) is 32.5 Å². The number of hydrogen-bond acceptors (Lipinski definition) is 4. The van der Waals surface area contributed by atoms with E-state index in [1.165, 1.54) is 6.07 Å². The second-order valence-electron chi connectivity index (χ2n) is 6.39. The predicted molar refractivity (Wildman–Crippen MR) is 95.5 cm³/mol. The van der Waals surface area contributed by atoms with Gasteiger partial charge in [0.15, 0.2) is 5.65 Å². The summed E-state index contributed by atoms with van der Waals surface area (Å²) >= 11 is 0. The van der Waals surface area contributed by atoms with Crippen LogP contribution in [0.3, 0.4) is 0 Å². The fourth-order valence-corrected chi connectivity index (χ4v) is 3.23. The molecule has 0 amide bonds. The molecule has 1 unspecified atom stereocenters. The molecule has 0 aliphatic heterocycles. The van der Waals surface area contributed by atoms with Crippen LogP contribution in [0.2, 0.25) is 0 Å². The summed E-state index contributed by atoms with van der Waals surface area (Å²) < 4.78 is 39.9. The number of alkyl halides is 3. The molecule has 6 nitrogen and oxygen atoms in total. The normalized spacial score (nSPS) is 13.4. The molecule has 4 rings (SSSR count). The number of rotatable bonds is 4. The molecule has 0 radical (unpaired) electrons. The molecule has 1 aromatic carbocycles. The Balaban J connectivity index is 1.70. The van der Waals surface area contributed by atoms with Crippen molar-refractivity contribution in [1.29, 1.82) is 0 Å². The van der Waals surface area contributed by atoms with Crippen molar-refractivity contribution in [1.82, 2.24) is 24.8 Å². The van der Waals surface area contributed by atoms with Gasteiger partial charge in [-0.1, -0.05) is 13.0 Å². The van der Waals surface area contributed by atoms with Crippen molar-refractivity contribution >= 4 is 22.4 Å². The summed E-state index contributed by atoms with van der Waals surface area (Å²) in [6.07, 6.45) is -1.99. The molecule has 0 saturated heterocycles. The Morgan fingerprint density at radius 3 is 2.74 bits per heavy atom. The Labute approximate surface area is 152 Å². The minimum absolute atomic E-state index is 0.0468. The zero-order chi connectivity index (χ0) is 19.2. The third-order valence-corrected chi connectivity index (χ3v) is 4.53. The van der Waals surface area contributed by atoms with Crippen molar-refractivity contribution < 1.29 is 13.2 Å². The van der Waals surface area contributed by atoms with Crippen molar-refractivity contribution in [3.8, 4) is 0 Å². The van der Waals surface area contributed by atoms with Crippen molar-refractivity contribution in [2.75, 3.05) is 5.32 Å². The van der Waals surface area contributed by atoms with Crippen LogP contribution in [-0.4, -0.2) is 24.8 Å². The zero-order valence-electron chi connectivity index (χ0n) is 14.7. The van der Waals surface area contributed by atoms with Gasteiger partial charge >= 0.3 is 6.18 Å². The molecule has 0 spiro atoms. The molecule has 9 heteroatoms. The summed E-state index contributed by atoms with van der Waals surface area (Å²) in [5.74, 6) is -0.815. The van der Waals surface area contributed by atoms with Gasteiger partial charge in [0.25, 0.3) is 5.82 Å². The van der Waals surface area contributed by atoms with Crippen LogP contribution in [0.1, 0.15) is 36.3 Å². The number of benzene rings is 1. The largest absolute Gasteiger partial charge is 0.453 e. The first-order chi connectivity index (χ1) is 12.9. The smallest absolute Gasteiger partial charge is 0.362 e. The summed E-state index contributed by atoms with van der Waals surface area (Å²) in [4.78, 5) is 3.20. The molecular weight excluding hydrogens is 357 g/mol. The lowest BCUT2D eigenvalue weighted by atomic mass is 10.00. The van der Waals surface area contributed by atoms with Crippen LogP contribution in [0, 0.1) is 6.92 Å². The summed E-state index contributed by atoms with van der Waals surface area (Å²) in [7, 11) is 0. The van der Waals surface area contributed by atoms with E-state index < -0.39 is 12.0 Å². The van der Waals surface area contributed by atoms with E-state index in [4.69, 9.17) is 0 Å². The highest BCUT2D eigenvalue weighted by Gasteiger charge is 2.37. The quantitative estimate of drug-likeness (QED) is 0.552. The van der Waals surface area contributed by atoms with Gasteiger partial charge in [0.05, 0.1) is 6.04 Å². The first-order valence-electron chi connectivity index (χ1n) is 8.50. The van der Waals surface area contributed by atoms with Crippen LogP contribution >= 0.6 is 0 Å². The highest BCUT2D eigenvalue weighted by Crippen LogP contribution is 2.29. The number of fused-ring (bicyclic) bond motifs is 2. The molecule has 0 aliphatic rings. The van der Waals surface area contributed by atoms with Gasteiger partial charge in [-0.2, -0.15) is 17.7 Å². The molecule has 3 aromatic heterocycles. The monoisotopic (exact) mass is 374 g/mol. The van der Waals surface area contributed by atoms with E-state index in [1.54, 1.807) is 6.07 Å². The van der Waals surface area contributed by atoms with Crippen LogP contribution in [0.25, 0.3) is 16.6 Å². The Morgan fingerprint density at radius 2 is 2.00 bits per heavy atom. The summed E-state index contributed by atoms with van der Waals surface area (Å²) in [6.45, 7) is 4.03. The van der Waals surface area contributed by atoms with Gasteiger partial charge in [-0.05, 0) is 54.1 Å². The maximum absolute atomic E-state index is 13.1. The Morgan fingerprint density at radius 1 is 1.19 bits per heavy atom. The number of anilines is 1. The third-order valence-electron chi connectivity index (χ3n) is 4.53. The van der Waals surface area contributed by atoms with Crippen LogP contribution in [-0.2, 0) is 6.18 Å². The summed E-state index contributed by atoms with van der Waals surface area (Å²) in [5.41, 5.74) is 3.27. The number of aromatic nitrogens is 5. The average molecular weight is 374 g/mol. The van der Waals surface area contributed by atoms with E-state index in [2.05, 4.69) is 37.7 Å². The number of hydrogen-bond donors (Lipinski definition) is 2. The van der Waals surface area contributed by atoms with Gasteiger partial charge in [0.1, 0.15) is 5.82 Å². The lowest BCUT2D eigenvalue weighted by molar-refractivity contribution is -0.146. The molecule has 0 saturated carbocycles. The number of aromatic amines is 1. The minimum atomic E-state index is -4.62. The van der Waals surface area contributed by atoms with E-state index in [-0.39, 0.29) is 11.7 Å². The number of halogens is 3. The van der Waals surface area contributed by atoms with Crippen LogP contribution < -0.4 is 5.32 Å². The molecule has 0 bridgehead atoms. The molecule has 4 aromatic rings. The van der Waals surface area contributed by atoms with Gasteiger partial charge in [0.2, 0.25) is 0 Å². The van der Waals surface area contributed by atoms with Crippen molar-refractivity contribution in [2.24, 2.45) is 0 Å². The molecule has 2 N–H and O–H groups in total. The first-order valence-corrected chi connectivity index (χ1v) is 8.50. The zero-order valence-corrected chi connectivity index (χ0v) is 14.7. The maximum Gasteiger partial charge on any atom is 0.453 e. The third kappa shape index (κ3) is 3.09. The fourth-order valence-electron chi connectivity index (χ4n) is 3.23. The Hall–Kier alpha value is -3.10. The maximum atomic E-state index is 13.1. The first kappa shape index (κ1) is 17.3.